The summed E-state index contributed by atoms with van der Waals surface area (Å²) in [6, 6.07) is 17.3. The molecule has 5 rings (SSSR count). The number of fused-ring (bicyclic) bond motifs is 1. The number of anilines is 1. The van der Waals surface area contributed by atoms with Crippen molar-refractivity contribution in [3.8, 4) is 11.8 Å². The zero-order chi connectivity index (χ0) is 40.2. The zero-order valence-electron chi connectivity index (χ0n) is 31.7. The molecule has 1 fully saturated rings. The van der Waals surface area contributed by atoms with Crippen molar-refractivity contribution >= 4 is 43.3 Å². The first-order valence-corrected chi connectivity index (χ1v) is 19.2. The van der Waals surface area contributed by atoms with E-state index in [0.29, 0.717) is 22.5 Å². The summed E-state index contributed by atoms with van der Waals surface area (Å²) in [5, 5.41) is 23.4. The molecule has 1 saturated heterocycles. The van der Waals surface area contributed by atoms with Crippen LogP contribution in [0.2, 0.25) is 0 Å². The van der Waals surface area contributed by atoms with Gasteiger partial charge in [0.15, 0.2) is 23.6 Å². The third-order valence-corrected chi connectivity index (χ3v) is 10.7. The first-order chi connectivity index (χ1) is 27.0. The molecule has 4 aromatic rings. The Hall–Kier alpha value is -5.31. The van der Waals surface area contributed by atoms with Gasteiger partial charge in [0.2, 0.25) is 0 Å². The number of para-hydroxylation sites is 2. The van der Waals surface area contributed by atoms with Crippen LogP contribution in [0.1, 0.15) is 65.2 Å². The van der Waals surface area contributed by atoms with Crippen molar-refractivity contribution < 1.29 is 42.5 Å². The maximum absolute atomic E-state index is 12.9. The lowest BCUT2D eigenvalue weighted by Gasteiger charge is -2.37. The van der Waals surface area contributed by atoms with E-state index in [1.165, 1.54) is 18.7 Å². The van der Waals surface area contributed by atoms with Crippen molar-refractivity contribution in [3.05, 3.63) is 82.9 Å². The summed E-state index contributed by atoms with van der Waals surface area (Å²) in [5.41, 5.74) is 1.03. The SMILES string of the molecule is CC(COC(=O)OC[C@H]1O[C@@H](n2cnc3c(NC(=O)COc4ccccc4)ncnc32)C[C@@H]1OP(OCCC#N)N(C(C)C)C(C)C)c1ccccc1[N+](=O)[O-]. The minimum Gasteiger partial charge on any atom is -0.484 e. The molecule has 1 aliphatic heterocycles. The summed E-state index contributed by atoms with van der Waals surface area (Å²) >= 11 is 0. The van der Waals surface area contributed by atoms with Gasteiger partial charge in [-0.05, 0) is 39.8 Å². The summed E-state index contributed by atoms with van der Waals surface area (Å²) in [6.07, 6.45) is 0.0262. The predicted molar refractivity (Wildman–Crippen MR) is 203 cm³/mol. The minimum absolute atomic E-state index is 0.0226. The molecule has 3 heterocycles. The van der Waals surface area contributed by atoms with Gasteiger partial charge < -0.3 is 33.3 Å². The Labute approximate surface area is 325 Å². The molecule has 0 aliphatic carbocycles. The maximum atomic E-state index is 12.9. The van der Waals surface area contributed by atoms with Crippen LogP contribution in [-0.4, -0.2) is 91.9 Å². The number of ether oxygens (including phenoxy) is 4. The van der Waals surface area contributed by atoms with Crippen LogP contribution in [0.15, 0.2) is 67.3 Å². The van der Waals surface area contributed by atoms with E-state index in [0.717, 1.165) is 0 Å². The van der Waals surface area contributed by atoms with Gasteiger partial charge in [0.25, 0.3) is 20.1 Å². The minimum atomic E-state index is -1.71. The van der Waals surface area contributed by atoms with E-state index in [2.05, 4.69) is 31.0 Å². The number of nitro benzene ring substituents is 1. The molecule has 19 heteroatoms. The second-order valence-corrected chi connectivity index (χ2v) is 14.7. The molecule has 5 atom stereocenters. The number of nitro groups is 1. The van der Waals surface area contributed by atoms with E-state index < -0.39 is 49.9 Å². The van der Waals surface area contributed by atoms with Crippen LogP contribution in [0.25, 0.3) is 11.2 Å². The van der Waals surface area contributed by atoms with Gasteiger partial charge in [-0.2, -0.15) is 5.26 Å². The third-order valence-electron chi connectivity index (χ3n) is 8.59. The molecule has 0 bridgehead atoms. The molecule has 2 aromatic heterocycles. The van der Waals surface area contributed by atoms with Crippen LogP contribution in [0.3, 0.4) is 0 Å². The monoisotopic (exact) mass is 792 g/mol. The number of imidazole rings is 1. The fourth-order valence-electron chi connectivity index (χ4n) is 6.08. The van der Waals surface area contributed by atoms with E-state index in [-0.39, 0.29) is 62.9 Å². The Morgan fingerprint density at radius 1 is 1.07 bits per heavy atom. The number of amides is 1. The highest BCUT2D eigenvalue weighted by Gasteiger charge is 2.42. The normalized spacial score (nSPS) is 17.8. The Kier molecular flexibility index (Phi) is 15.0. The smallest absolute Gasteiger partial charge is 0.484 e. The number of nitrogens with zero attached hydrogens (tertiary/aromatic N) is 7. The Morgan fingerprint density at radius 2 is 1.80 bits per heavy atom. The first-order valence-electron chi connectivity index (χ1n) is 18.0. The number of carbonyl (C=O) groups is 2. The fourth-order valence-corrected chi connectivity index (χ4v) is 7.83. The Balaban J connectivity index is 1.32. The molecule has 298 valence electrons. The molecule has 0 radical (unpaired) electrons. The van der Waals surface area contributed by atoms with Crippen LogP contribution in [0, 0.1) is 21.4 Å². The van der Waals surface area contributed by atoms with Crippen LogP contribution in [0.5, 0.6) is 5.75 Å². The number of hydrogen-bond acceptors (Lipinski definition) is 15. The molecule has 1 amide bonds. The molecular formula is C37H45N8O10P. The van der Waals surface area contributed by atoms with Crippen molar-refractivity contribution in [2.24, 2.45) is 0 Å². The van der Waals surface area contributed by atoms with Gasteiger partial charge in [-0.25, -0.2) is 24.4 Å². The molecule has 0 saturated carbocycles. The lowest BCUT2D eigenvalue weighted by Crippen LogP contribution is -2.37. The van der Waals surface area contributed by atoms with Crippen LogP contribution < -0.4 is 10.1 Å². The van der Waals surface area contributed by atoms with Gasteiger partial charge in [-0.3, -0.25) is 19.5 Å². The Bertz CT molecular complexity index is 1970. The Morgan fingerprint density at radius 3 is 2.52 bits per heavy atom. The van der Waals surface area contributed by atoms with Crippen LogP contribution in [-0.2, 0) is 28.1 Å². The molecule has 0 spiro atoms. The number of hydrogen-bond donors (Lipinski definition) is 1. The molecule has 2 aromatic carbocycles. The number of aromatic nitrogens is 4. The molecule has 1 N–H and O–H groups in total. The summed E-state index contributed by atoms with van der Waals surface area (Å²) in [4.78, 5) is 49.8. The number of nitrogens with one attached hydrogen (secondary N) is 1. The molecule has 2 unspecified atom stereocenters. The summed E-state index contributed by atoms with van der Waals surface area (Å²) in [6.45, 7) is 9.25. The molecule has 1 aliphatic rings. The number of carbonyl (C=O) groups excluding carboxylic acids is 2. The lowest BCUT2D eigenvalue weighted by molar-refractivity contribution is -0.385. The van der Waals surface area contributed by atoms with Crippen molar-refractivity contribution in [1.29, 1.82) is 5.26 Å². The highest BCUT2D eigenvalue weighted by Crippen LogP contribution is 2.50. The standard InChI is InChI=1S/C37H45N8O10P/c1-24(2)44(25(3)4)56(53-17-11-16-38)55-30-18-33(54-31(30)20-52-37(47)51-19-26(5)28-14-9-10-15-29(28)45(48)49)43-23-41-34-35(39-22-40-36(34)43)42-32(46)21-50-27-12-7-6-8-13-27/h6-10,12-15,22-26,30-31,33H,11,17-21H2,1-5H3,(H,39,40,42,46)/t26?,30-,31+,33+,56?/m0/s1. The van der Waals surface area contributed by atoms with Crippen molar-refractivity contribution in [1.82, 2.24) is 24.2 Å². The van der Waals surface area contributed by atoms with E-state index in [9.17, 15) is 25.0 Å². The van der Waals surface area contributed by atoms with E-state index in [1.54, 1.807) is 54.0 Å². The van der Waals surface area contributed by atoms with Crippen molar-refractivity contribution in [2.45, 2.75) is 83.9 Å². The van der Waals surface area contributed by atoms with Gasteiger partial charge in [0.05, 0.1) is 36.5 Å². The highest BCUT2D eigenvalue weighted by atomic mass is 31.2. The van der Waals surface area contributed by atoms with Crippen molar-refractivity contribution in [3.63, 3.8) is 0 Å². The van der Waals surface area contributed by atoms with Crippen LogP contribution in [0.4, 0.5) is 16.3 Å². The molecule has 18 nitrogen and oxygen atoms in total. The van der Waals surface area contributed by atoms with Crippen LogP contribution >= 0.6 is 8.53 Å². The zero-order valence-corrected chi connectivity index (χ0v) is 32.6. The highest BCUT2D eigenvalue weighted by molar-refractivity contribution is 7.44. The second-order valence-electron chi connectivity index (χ2n) is 13.3. The van der Waals surface area contributed by atoms with E-state index in [1.807, 2.05) is 33.8 Å². The molecular weight excluding hydrogens is 747 g/mol. The number of rotatable bonds is 19. The van der Waals surface area contributed by atoms with Gasteiger partial charge in [-0.1, -0.05) is 43.3 Å². The average molecular weight is 793 g/mol. The summed E-state index contributed by atoms with van der Waals surface area (Å²) in [5.74, 6) is -0.210. The first kappa shape index (κ1) is 41.8. The largest absolute Gasteiger partial charge is 0.508 e. The maximum Gasteiger partial charge on any atom is 0.508 e. The van der Waals surface area contributed by atoms with E-state index >= 15 is 0 Å². The number of benzene rings is 2. The topological polar surface area (TPSA) is 215 Å². The van der Waals surface area contributed by atoms with Gasteiger partial charge in [0.1, 0.15) is 37.6 Å². The second kappa shape index (κ2) is 20.0. The summed E-state index contributed by atoms with van der Waals surface area (Å²) < 4.78 is 39.5. The average Bonchev–Trinajstić information content (AvgIpc) is 3.80. The van der Waals surface area contributed by atoms with Gasteiger partial charge in [0, 0.05) is 36.1 Å². The van der Waals surface area contributed by atoms with E-state index in [4.69, 9.17) is 28.0 Å². The predicted octanol–water partition coefficient (Wildman–Crippen LogP) is 6.66. The van der Waals surface area contributed by atoms with Crippen molar-refractivity contribution in [2.75, 3.05) is 31.7 Å². The lowest BCUT2D eigenvalue weighted by atomic mass is 10.0. The third kappa shape index (κ3) is 10.9. The van der Waals surface area contributed by atoms with Gasteiger partial charge >= 0.3 is 6.16 Å². The molecule has 56 heavy (non-hydrogen) atoms. The summed E-state index contributed by atoms with van der Waals surface area (Å²) in [7, 11) is -1.71. The fraction of sp³-hybridized carbons (Fsp3) is 0.459. The number of nitriles is 1. The quantitative estimate of drug-likeness (QED) is 0.0345. The van der Waals surface area contributed by atoms with Gasteiger partial charge in [-0.15, -0.1) is 0 Å².